The van der Waals surface area contributed by atoms with Crippen LogP contribution in [-0.2, 0) is 4.79 Å². The molecule has 0 aliphatic heterocycles. The predicted molar refractivity (Wildman–Crippen MR) is 61.6 cm³/mol. The number of anilines is 1. The van der Waals surface area contributed by atoms with Gasteiger partial charge in [0.1, 0.15) is 0 Å². The highest BCUT2D eigenvalue weighted by molar-refractivity contribution is 9.10. The molecule has 1 N–H and O–H groups in total. The number of carbonyl (C=O) groups excluding carboxylic acids is 1. The Hall–Kier alpha value is -0.940. The highest BCUT2D eigenvalue weighted by Crippen LogP contribution is 2.33. The molecule has 0 fully saturated rings. The third kappa shape index (κ3) is 1.65. The van der Waals surface area contributed by atoms with Crippen LogP contribution in [0.3, 0.4) is 0 Å². The molecule has 3 nitrogen and oxygen atoms in total. The van der Waals surface area contributed by atoms with E-state index in [9.17, 15) is 4.79 Å². The van der Waals surface area contributed by atoms with Crippen LogP contribution in [0.1, 0.15) is 6.92 Å². The Balaban J connectivity index is 2.56. The van der Waals surface area contributed by atoms with Crippen molar-refractivity contribution >= 4 is 49.1 Å². The first-order valence-electron chi connectivity index (χ1n) is 3.98. The maximum absolute atomic E-state index is 10.9. The summed E-state index contributed by atoms with van der Waals surface area (Å²) < 4.78 is 1.95. The van der Waals surface area contributed by atoms with E-state index in [1.165, 1.54) is 6.92 Å². The number of hydrogen-bond donors (Lipinski definition) is 1. The van der Waals surface area contributed by atoms with E-state index in [1.807, 2.05) is 12.1 Å². The van der Waals surface area contributed by atoms with Crippen molar-refractivity contribution < 1.29 is 4.79 Å². The van der Waals surface area contributed by atoms with Crippen LogP contribution in [0, 0.1) is 0 Å². The topological polar surface area (TPSA) is 42.0 Å². The van der Waals surface area contributed by atoms with Crippen LogP contribution < -0.4 is 5.32 Å². The van der Waals surface area contributed by atoms with Gasteiger partial charge in [-0.3, -0.25) is 4.79 Å². The number of amides is 1. The maximum atomic E-state index is 10.9. The summed E-state index contributed by atoms with van der Waals surface area (Å²) in [6.45, 7) is 1.49. The van der Waals surface area contributed by atoms with Gasteiger partial charge in [-0.05, 0) is 28.1 Å². The second-order valence-electron chi connectivity index (χ2n) is 2.81. The van der Waals surface area contributed by atoms with Crippen molar-refractivity contribution in [1.29, 1.82) is 0 Å². The SMILES string of the molecule is CC(=O)Nc1ccc2ncsc2c1Br. The van der Waals surface area contributed by atoms with Crippen LogP contribution >= 0.6 is 27.3 Å². The Kier molecular flexibility index (Phi) is 2.52. The summed E-state index contributed by atoms with van der Waals surface area (Å²) in [4.78, 5) is 15.1. The molecule has 0 aliphatic carbocycles. The fourth-order valence-corrected chi connectivity index (χ4v) is 2.62. The summed E-state index contributed by atoms with van der Waals surface area (Å²) in [5.74, 6) is -0.0745. The first kappa shape index (κ1) is 9.61. The van der Waals surface area contributed by atoms with Crippen molar-refractivity contribution in [1.82, 2.24) is 4.98 Å². The molecule has 2 rings (SSSR count). The molecule has 0 saturated heterocycles. The zero-order chi connectivity index (χ0) is 10.1. The zero-order valence-corrected chi connectivity index (χ0v) is 9.78. The molecular weight excluding hydrogens is 264 g/mol. The summed E-state index contributed by atoms with van der Waals surface area (Å²) >= 11 is 4.99. The van der Waals surface area contributed by atoms with Crippen molar-refractivity contribution in [3.8, 4) is 0 Å². The van der Waals surface area contributed by atoms with E-state index >= 15 is 0 Å². The van der Waals surface area contributed by atoms with Gasteiger partial charge in [0.15, 0.2) is 0 Å². The number of carbonyl (C=O) groups is 1. The normalized spacial score (nSPS) is 10.4. The predicted octanol–water partition coefficient (Wildman–Crippen LogP) is 3.02. The summed E-state index contributed by atoms with van der Waals surface area (Å²) in [7, 11) is 0. The summed E-state index contributed by atoms with van der Waals surface area (Å²) in [5, 5.41) is 2.75. The highest BCUT2D eigenvalue weighted by Gasteiger charge is 2.07. The number of fused-ring (bicyclic) bond motifs is 1. The van der Waals surface area contributed by atoms with E-state index in [0.717, 1.165) is 20.4 Å². The minimum atomic E-state index is -0.0745. The van der Waals surface area contributed by atoms with Gasteiger partial charge in [0.2, 0.25) is 5.91 Å². The van der Waals surface area contributed by atoms with Gasteiger partial charge in [-0.1, -0.05) is 0 Å². The second kappa shape index (κ2) is 3.67. The Morgan fingerprint density at radius 2 is 2.36 bits per heavy atom. The van der Waals surface area contributed by atoms with Crippen LogP contribution in [0.2, 0.25) is 0 Å². The van der Waals surface area contributed by atoms with Crippen molar-refractivity contribution in [2.45, 2.75) is 6.92 Å². The molecule has 5 heteroatoms. The van der Waals surface area contributed by atoms with Crippen molar-refractivity contribution in [2.75, 3.05) is 5.32 Å². The molecule has 72 valence electrons. The number of hydrogen-bond acceptors (Lipinski definition) is 3. The van der Waals surface area contributed by atoms with Crippen molar-refractivity contribution in [3.05, 3.63) is 22.1 Å². The van der Waals surface area contributed by atoms with E-state index in [1.54, 1.807) is 16.8 Å². The van der Waals surface area contributed by atoms with Gasteiger partial charge in [0.25, 0.3) is 0 Å². The highest BCUT2D eigenvalue weighted by atomic mass is 79.9. The van der Waals surface area contributed by atoms with Gasteiger partial charge < -0.3 is 5.32 Å². The Morgan fingerprint density at radius 1 is 1.57 bits per heavy atom. The van der Waals surface area contributed by atoms with E-state index in [-0.39, 0.29) is 5.91 Å². The van der Waals surface area contributed by atoms with Gasteiger partial charge in [0.05, 0.1) is 25.9 Å². The Labute approximate surface area is 93.3 Å². The van der Waals surface area contributed by atoms with Gasteiger partial charge in [0, 0.05) is 6.92 Å². The largest absolute Gasteiger partial charge is 0.325 e. The molecule has 2 aromatic rings. The molecule has 0 saturated carbocycles. The molecule has 1 amide bonds. The molecule has 0 aliphatic rings. The summed E-state index contributed by atoms with van der Waals surface area (Å²) in [5.41, 5.74) is 3.51. The fraction of sp³-hybridized carbons (Fsp3) is 0.111. The molecule has 0 spiro atoms. The molecule has 0 atom stereocenters. The van der Waals surface area contributed by atoms with Crippen LogP contribution in [-0.4, -0.2) is 10.9 Å². The Bertz CT molecular complexity index is 495. The number of nitrogens with zero attached hydrogens (tertiary/aromatic N) is 1. The average Bonchev–Trinajstić information content (AvgIpc) is 2.57. The van der Waals surface area contributed by atoms with Crippen LogP contribution in [0.25, 0.3) is 10.2 Å². The quantitative estimate of drug-likeness (QED) is 0.866. The standard InChI is InChI=1S/C9H7BrN2OS/c1-5(13)12-6-2-3-7-9(8(6)10)14-4-11-7/h2-4H,1H3,(H,12,13). The lowest BCUT2D eigenvalue weighted by molar-refractivity contribution is -0.114. The van der Waals surface area contributed by atoms with E-state index in [2.05, 4.69) is 26.2 Å². The fourth-order valence-electron chi connectivity index (χ4n) is 1.18. The second-order valence-corrected chi connectivity index (χ2v) is 4.46. The number of rotatable bonds is 1. The van der Waals surface area contributed by atoms with Crippen LogP contribution in [0.5, 0.6) is 0 Å². The maximum Gasteiger partial charge on any atom is 0.221 e. The first-order valence-corrected chi connectivity index (χ1v) is 5.65. The monoisotopic (exact) mass is 270 g/mol. The van der Waals surface area contributed by atoms with Gasteiger partial charge in [-0.25, -0.2) is 4.98 Å². The lowest BCUT2D eigenvalue weighted by Crippen LogP contribution is -2.05. The number of aromatic nitrogens is 1. The molecule has 0 radical (unpaired) electrons. The zero-order valence-electron chi connectivity index (χ0n) is 7.37. The number of benzene rings is 1. The van der Waals surface area contributed by atoms with Crippen molar-refractivity contribution in [3.63, 3.8) is 0 Å². The first-order chi connectivity index (χ1) is 6.68. The Morgan fingerprint density at radius 3 is 3.07 bits per heavy atom. The molecule has 0 bridgehead atoms. The average molecular weight is 271 g/mol. The minimum absolute atomic E-state index is 0.0745. The molecular formula is C9H7BrN2OS. The molecule has 1 aromatic heterocycles. The third-order valence-corrected chi connectivity index (χ3v) is 3.70. The van der Waals surface area contributed by atoms with E-state index < -0.39 is 0 Å². The smallest absolute Gasteiger partial charge is 0.221 e. The van der Waals surface area contributed by atoms with Gasteiger partial charge in [-0.15, -0.1) is 11.3 Å². The molecule has 0 unspecified atom stereocenters. The molecule has 1 heterocycles. The number of halogens is 1. The summed E-state index contributed by atoms with van der Waals surface area (Å²) in [6, 6.07) is 3.73. The van der Waals surface area contributed by atoms with E-state index in [4.69, 9.17) is 0 Å². The third-order valence-electron chi connectivity index (χ3n) is 1.75. The minimum Gasteiger partial charge on any atom is -0.325 e. The van der Waals surface area contributed by atoms with Gasteiger partial charge in [-0.2, -0.15) is 0 Å². The van der Waals surface area contributed by atoms with Crippen LogP contribution in [0.4, 0.5) is 5.69 Å². The number of thiazole rings is 1. The summed E-state index contributed by atoms with van der Waals surface area (Å²) in [6.07, 6.45) is 0. The van der Waals surface area contributed by atoms with Crippen molar-refractivity contribution in [2.24, 2.45) is 0 Å². The van der Waals surface area contributed by atoms with Crippen LogP contribution in [0.15, 0.2) is 22.1 Å². The lowest BCUT2D eigenvalue weighted by atomic mass is 10.3. The number of nitrogens with one attached hydrogen (secondary N) is 1. The van der Waals surface area contributed by atoms with E-state index in [0.29, 0.717) is 0 Å². The van der Waals surface area contributed by atoms with Gasteiger partial charge >= 0.3 is 0 Å². The molecule has 14 heavy (non-hydrogen) atoms. The molecule has 1 aromatic carbocycles. The lowest BCUT2D eigenvalue weighted by Gasteiger charge is -2.04.